The van der Waals surface area contributed by atoms with Crippen molar-refractivity contribution in [1.29, 1.82) is 5.53 Å². The monoisotopic (exact) mass is 504 g/mol. The van der Waals surface area contributed by atoms with Gasteiger partial charge in [0.1, 0.15) is 5.52 Å². The Morgan fingerprint density at radius 2 is 1.52 bits per heavy atom. The summed E-state index contributed by atoms with van der Waals surface area (Å²) in [5.74, 6) is 0.00765. The fraction of sp³-hybridized carbons (Fsp3) is 0.765. The zero-order chi connectivity index (χ0) is 21.0. The van der Waals surface area contributed by atoms with Crippen LogP contribution in [0, 0.1) is 5.53 Å². The summed E-state index contributed by atoms with van der Waals surface area (Å²) in [6, 6.07) is 0. The molecule has 0 aromatic carbocycles. The van der Waals surface area contributed by atoms with Gasteiger partial charge in [0.15, 0.2) is 0 Å². The van der Waals surface area contributed by atoms with Crippen molar-refractivity contribution in [3.63, 3.8) is 0 Å². The number of amides is 1. The molecule has 0 aromatic rings. The third-order valence-electron chi connectivity index (χ3n) is 3.49. The molecule has 0 saturated carbocycles. The molecule has 12 heteroatoms. The first kappa shape index (κ1) is 31.5. The van der Waals surface area contributed by atoms with Crippen LogP contribution in [0.2, 0.25) is 0 Å². The molecule has 0 rings (SSSR count). The standard InChI is InChI=1S/C17H32N4O6P.Rb/c1-21(16(22)3-2-4-17(23)28)5-6-24-7-8-25-9-10-26-11-12-27-14-15(13-18)20-19;/h13H,2-12,14,28H2,1H3,(H2-,18,19);/q-1;+1. The summed E-state index contributed by atoms with van der Waals surface area (Å²) < 4.78 is 21.3. The molecular weight excluding hydrogens is 473 g/mol. The zero-order valence-corrected chi connectivity index (χ0v) is 23.6. The number of hydrogen-bond acceptors (Lipinski definition) is 8. The minimum absolute atomic E-state index is 0. The molecule has 29 heavy (non-hydrogen) atoms. The average Bonchev–Trinajstić information content (AvgIpc) is 2.67. The van der Waals surface area contributed by atoms with Crippen LogP contribution in [0.25, 0.3) is 5.73 Å². The van der Waals surface area contributed by atoms with Crippen LogP contribution in [0.15, 0.2) is 17.0 Å². The van der Waals surface area contributed by atoms with Crippen LogP contribution in [0.5, 0.6) is 0 Å². The molecule has 1 unspecified atom stereocenters. The van der Waals surface area contributed by atoms with Gasteiger partial charge >= 0.3 is 58.2 Å². The maximum absolute atomic E-state index is 11.8. The van der Waals surface area contributed by atoms with Gasteiger partial charge in [0.2, 0.25) is 5.91 Å². The summed E-state index contributed by atoms with van der Waals surface area (Å²) in [6.07, 6.45) is 2.32. The van der Waals surface area contributed by atoms with E-state index in [2.05, 4.69) is 14.4 Å². The summed E-state index contributed by atoms with van der Waals surface area (Å²) in [7, 11) is 3.83. The zero-order valence-electron chi connectivity index (χ0n) is 17.5. The number of ether oxygens (including phenoxy) is 4. The van der Waals surface area contributed by atoms with Crippen molar-refractivity contribution in [3.8, 4) is 0 Å². The second kappa shape index (κ2) is 23.0. The van der Waals surface area contributed by atoms with Crippen molar-refractivity contribution in [3.05, 3.63) is 17.6 Å². The topological polar surface area (TPSA) is 134 Å². The van der Waals surface area contributed by atoms with Crippen molar-refractivity contribution in [2.75, 3.05) is 66.4 Å². The van der Waals surface area contributed by atoms with Gasteiger partial charge in [-0.05, 0) is 6.42 Å². The molecule has 0 fully saturated rings. The largest absolute Gasteiger partial charge is 1.00 e. The Morgan fingerprint density at radius 1 is 1.00 bits per heavy atom. The van der Waals surface area contributed by atoms with Crippen molar-refractivity contribution < 1.29 is 86.7 Å². The summed E-state index contributed by atoms with van der Waals surface area (Å²) in [5.41, 5.74) is 14.0. The third kappa shape index (κ3) is 21.4. The second-order valence-corrected chi connectivity index (χ2v) is 6.42. The van der Waals surface area contributed by atoms with E-state index in [1.54, 1.807) is 11.9 Å². The molecule has 0 aliphatic rings. The minimum atomic E-state index is 0. The van der Waals surface area contributed by atoms with Crippen LogP contribution in [-0.4, -0.2) is 82.8 Å². The van der Waals surface area contributed by atoms with Gasteiger partial charge in [0.25, 0.3) is 0 Å². The van der Waals surface area contributed by atoms with Gasteiger partial charge < -0.3 is 29.6 Å². The van der Waals surface area contributed by atoms with Crippen LogP contribution >= 0.6 is 9.24 Å². The molecule has 0 aliphatic carbocycles. The molecule has 0 bridgehead atoms. The third-order valence-corrected chi connectivity index (χ3v) is 3.78. The van der Waals surface area contributed by atoms with Crippen molar-refractivity contribution >= 4 is 20.7 Å². The molecule has 0 heterocycles. The van der Waals surface area contributed by atoms with Crippen LogP contribution in [0.3, 0.4) is 0 Å². The molecule has 1 atom stereocenters. The van der Waals surface area contributed by atoms with E-state index in [1.165, 1.54) is 0 Å². The predicted octanol–water partition coefficient (Wildman–Crippen LogP) is -0.988. The van der Waals surface area contributed by atoms with E-state index in [9.17, 15) is 9.59 Å². The molecule has 10 nitrogen and oxygen atoms in total. The normalized spacial score (nSPS) is 11.0. The van der Waals surface area contributed by atoms with Crippen molar-refractivity contribution in [1.82, 2.24) is 4.90 Å². The van der Waals surface area contributed by atoms with Crippen LogP contribution in [0.1, 0.15) is 19.3 Å². The van der Waals surface area contributed by atoms with E-state index in [0.717, 1.165) is 6.20 Å². The minimum Gasteiger partial charge on any atom is -0.703 e. The van der Waals surface area contributed by atoms with Gasteiger partial charge in [-0.25, -0.2) is 5.53 Å². The summed E-state index contributed by atoms with van der Waals surface area (Å²) in [4.78, 5) is 24.2. The molecule has 0 aliphatic heterocycles. The predicted molar refractivity (Wildman–Crippen MR) is 107 cm³/mol. The number of carbonyl (C=O) groups excluding carboxylic acids is 2. The summed E-state index contributed by atoms with van der Waals surface area (Å²) in [6.45, 7) is 3.57. The Morgan fingerprint density at radius 3 is 2.00 bits per heavy atom. The first-order valence-electron chi connectivity index (χ1n) is 9.08. The number of rotatable bonds is 19. The average molecular weight is 505 g/mol. The van der Waals surface area contributed by atoms with E-state index < -0.39 is 0 Å². The smallest absolute Gasteiger partial charge is 0.703 e. The van der Waals surface area contributed by atoms with E-state index in [4.69, 9.17) is 30.2 Å². The number of carbonyl (C=O) groups is 2. The maximum atomic E-state index is 11.8. The Labute approximate surface area is 224 Å². The molecular formula is C17H32N4O6PRb. The Bertz CT molecular complexity index is 485. The fourth-order valence-electron chi connectivity index (χ4n) is 1.87. The van der Waals surface area contributed by atoms with Gasteiger partial charge in [-0.2, -0.15) is 11.3 Å². The molecule has 162 valence electrons. The molecule has 0 aromatic heterocycles. The number of nitrogens with zero attached hydrogens (tertiary/aromatic N) is 2. The van der Waals surface area contributed by atoms with Gasteiger partial charge in [0.05, 0.1) is 58.6 Å². The molecule has 0 saturated heterocycles. The summed E-state index contributed by atoms with van der Waals surface area (Å²) >= 11 is 0. The van der Waals surface area contributed by atoms with E-state index in [0.29, 0.717) is 72.1 Å². The SMILES string of the molecule is CN(CCOCCOCCOCCOCC(=C[NH-])N=N)C(=O)CCCC(=O)P.[Rb+]. The van der Waals surface area contributed by atoms with Crippen LogP contribution < -0.4 is 58.2 Å². The molecule has 1 amide bonds. The first-order valence-corrected chi connectivity index (χ1v) is 9.66. The molecule has 0 radical (unpaired) electrons. The Balaban J connectivity index is 0. The quantitative estimate of drug-likeness (QED) is 0.136. The first-order chi connectivity index (χ1) is 13.5. The van der Waals surface area contributed by atoms with Gasteiger partial charge in [-0.3, -0.25) is 9.59 Å². The Kier molecular flexibility index (Phi) is 25.0. The van der Waals surface area contributed by atoms with Crippen molar-refractivity contribution in [2.24, 2.45) is 5.11 Å². The second-order valence-electron chi connectivity index (χ2n) is 5.77. The van der Waals surface area contributed by atoms with Gasteiger partial charge in [-0.15, -0.1) is 0 Å². The fourth-order valence-corrected chi connectivity index (χ4v) is 2.08. The molecule has 0 spiro atoms. The number of hydrogen-bond donors (Lipinski definition) is 1. The van der Waals surface area contributed by atoms with Crippen LogP contribution in [0.4, 0.5) is 0 Å². The van der Waals surface area contributed by atoms with E-state index in [1.807, 2.05) is 0 Å². The molecule has 2 N–H and O–H groups in total. The number of nitrogens with one attached hydrogen (secondary N) is 2. The number of likely N-dealkylation sites (N-methyl/N-ethyl adjacent to an activating group) is 1. The van der Waals surface area contributed by atoms with Crippen molar-refractivity contribution in [2.45, 2.75) is 19.3 Å². The van der Waals surface area contributed by atoms with E-state index in [-0.39, 0.29) is 81.9 Å². The Hall–Kier alpha value is 0.355. The van der Waals surface area contributed by atoms with E-state index >= 15 is 0 Å². The maximum Gasteiger partial charge on any atom is 1.00 e. The summed E-state index contributed by atoms with van der Waals surface area (Å²) in [5, 5.41) is 3.13. The van der Waals surface area contributed by atoms with Gasteiger partial charge in [-0.1, -0.05) is 9.24 Å². The van der Waals surface area contributed by atoms with Crippen LogP contribution in [-0.2, 0) is 28.5 Å². The van der Waals surface area contributed by atoms with Gasteiger partial charge in [0, 0.05) is 26.4 Å².